The number of carbonyl (C=O) groups excluding carboxylic acids is 2. The first-order chi connectivity index (χ1) is 14.0. The number of benzene rings is 1. The van der Waals surface area contributed by atoms with E-state index in [0.717, 1.165) is 29.8 Å². The molecule has 0 saturated carbocycles. The van der Waals surface area contributed by atoms with Crippen molar-refractivity contribution >= 4 is 11.8 Å². The fraction of sp³-hybridized carbons (Fsp3) is 0.500. The largest absolute Gasteiger partial charge is 0.494 e. The second-order valence-corrected chi connectivity index (χ2v) is 7.79. The van der Waals surface area contributed by atoms with Crippen molar-refractivity contribution < 1.29 is 19.1 Å². The molecule has 1 aromatic heterocycles. The molecule has 5 heteroatoms. The lowest BCUT2D eigenvalue weighted by Gasteiger charge is -2.22. The number of hydrogen-bond donors (Lipinski definition) is 1. The number of Topliss-reactive ketones (excluding diaryl/α,β-unsaturated/α-hetero) is 1. The molecular formula is C24H31NO4. The molecule has 1 aliphatic carbocycles. The van der Waals surface area contributed by atoms with Crippen molar-refractivity contribution in [3.63, 3.8) is 0 Å². The van der Waals surface area contributed by atoms with E-state index in [0.29, 0.717) is 48.8 Å². The molecule has 1 aliphatic rings. The summed E-state index contributed by atoms with van der Waals surface area (Å²) < 4.78 is 11.0. The SMILES string of the molecule is CCOc1ccc([C@@H]2CC(=O)c3c([nH]c(C(=O)OCC(CC)CC)c3C)C2)cc1. The van der Waals surface area contributed by atoms with Crippen LogP contribution in [0.2, 0.25) is 0 Å². The van der Waals surface area contributed by atoms with Crippen LogP contribution in [0.25, 0.3) is 0 Å². The third-order valence-corrected chi connectivity index (χ3v) is 5.96. The molecule has 2 aromatic rings. The lowest BCUT2D eigenvalue weighted by molar-refractivity contribution is 0.0426. The lowest BCUT2D eigenvalue weighted by Crippen LogP contribution is -2.18. The van der Waals surface area contributed by atoms with Gasteiger partial charge in [-0.1, -0.05) is 38.8 Å². The molecule has 0 unspecified atom stereocenters. The highest BCUT2D eigenvalue weighted by Gasteiger charge is 2.32. The molecule has 0 aliphatic heterocycles. The first kappa shape index (κ1) is 21.2. The minimum absolute atomic E-state index is 0.0814. The van der Waals surface area contributed by atoms with Crippen LogP contribution in [0, 0.1) is 12.8 Å². The number of aromatic amines is 1. The monoisotopic (exact) mass is 397 g/mol. The number of ketones is 1. The van der Waals surface area contributed by atoms with Crippen molar-refractivity contribution in [1.82, 2.24) is 4.98 Å². The standard InChI is InChI=1S/C24H31NO4/c1-5-16(6-2)14-29-24(27)23-15(4)22-20(25-23)12-18(13-21(22)26)17-8-10-19(11-9-17)28-7-3/h8-11,16,18,25H,5-7,12-14H2,1-4H3/t18-/m0/s1. The van der Waals surface area contributed by atoms with Gasteiger partial charge in [-0.05, 0) is 55.4 Å². The highest BCUT2D eigenvalue weighted by atomic mass is 16.5. The second kappa shape index (κ2) is 9.29. The van der Waals surface area contributed by atoms with E-state index in [4.69, 9.17) is 9.47 Å². The molecule has 1 N–H and O–H groups in total. The van der Waals surface area contributed by atoms with Gasteiger partial charge < -0.3 is 14.5 Å². The Morgan fingerprint density at radius 1 is 1.14 bits per heavy atom. The molecule has 1 aromatic carbocycles. The van der Waals surface area contributed by atoms with E-state index in [1.54, 1.807) is 0 Å². The highest BCUT2D eigenvalue weighted by molar-refractivity contribution is 6.03. The molecule has 5 nitrogen and oxygen atoms in total. The predicted molar refractivity (Wildman–Crippen MR) is 113 cm³/mol. The van der Waals surface area contributed by atoms with Crippen LogP contribution >= 0.6 is 0 Å². The Bertz CT molecular complexity index is 862. The molecular weight excluding hydrogens is 366 g/mol. The molecule has 0 saturated heterocycles. The van der Waals surface area contributed by atoms with Gasteiger partial charge in [-0.2, -0.15) is 0 Å². The molecule has 1 atom stereocenters. The molecule has 1 heterocycles. The summed E-state index contributed by atoms with van der Waals surface area (Å²) in [5.74, 6) is 1.01. The number of rotatable bonds is 8. The average Bonchev–Trinajstić information content (AvgIpc) is 3.06. The number of aromatic nitrogens is 1. The second-order valence-electron chi connectivity index (χ2n) is 7.79. The van der Waals surface area contributed by atoms with Gasteiger partial charge in [0.25, 0.3) is 0 Å². The van der Waals surface area contributed by atoms with Crippen molar-refractivity contribution in [2.45, 2.75) is 59.3 Å². The number of carbonyl (C=O) groups is 2. The van der Waals surface area contributed by atoms with Crippen LogP contribution < -0.4 is 4.74 Å². The minimum Gasteiger partial charge on any atom is -0.494 e. The Morgan fingerprint density at radius 2 is 1.83 bits per heavy atom. The summed E-state index contributed by atoms with van der Waals surface area (Å²) in [5, 5.41) is 0. The maximum Gasteiger partial charge on any atom is 0.355 e. The maximum absolute atomic E-state index is 12.9. The van der Waals surface area contributed by atoms with E-state index in [1.807, 2.05) is 38.1 Å². The molecule has 156 valence electrons. The number of fused-ring (bicyclic) bond motifs is 1. The molecule has 0 spiro atoms. The van der Waals surface area contributed by atoms with Crippen LogP contribution in [0.1, 0.15) is 83.6 Å². The van der Waals surface area contributed by atoms with E-state index in [2.05, 4.69) is 18.8 Å². The van der Waals surface area contributed by atoms with Crippen LogP contribution in [0.3, 0.4) is 0 Å². The maximum atomic E-state index is 12.9. The smallest absolute Gasteiger partial charge is 0.355 e. The zero-order chi connectivity index (χ0) is 21.0. The summed E-state index contributed by atoms with van der Waals surface area (Å²) in [4.78, 5) is 28.7. The molecule has 0 bridgehead atoms. The zero-order valence-electron chi connectivity index (χ0n) is 17.8. The minimum atomic E-state index is -0.366. The van der Waals surface area contributed by atoms with Crippen LogP contribution in [-0.2, 0) is 11.2 Å². The van der Waals surface area contributed by atoms with Gasteiger partial charge >= 0.3 is 5.97 Å². The summed E-state index contributed by atoms with van der Waals surface area (Å²) >= 11 is 0. The highest BCUT2D eigenvalue weighted by Crippen LogP contribution is 2.35. The van der Waals surface area contributed by atoms with Crippen molar-refractivity contribution in [2.24, 2.45) is 5.92 Å². The number of esters is 1. The fourth-order valence-corrected chi connectivity index (χ4v) is 4.07. The van der Waals surface area contributed by atoms with Crippen molar-refractivity contribution in [3.05, 3.63) is 52.3 Å². The Morgan fingerprint density at radius 3 is 2.45 bits per heavy atom. The number of ether oxygens (including phenoxy) is 2. The predicted octanol–water partition coefficient (Wildman–Crippen LogP) is 5.23. The first-order valence-corrected chi connectivity index (χ1v) is 10.6. The van der Waals surface area contributed by atoms with Gasteiger partial charge in [0.05, 0.1) is 13.2 Å². The summed E-state index contributed by atoms with van der Waals surface area (Å²) in [6.07, 6.45) is 3.11. The third kappa shape index (κ3) is 4.55. The van der Waals surface area contributed by atoms with Gasteiger partial charge in [0, 0.05) is 17.7 Å². The Kier molecular flexibility index (Phi) is 6.78. The van der Waals surface area contributed by atoms with E-state index >= 15 is 0 Å². The Labute approximate surface area is 172 Å². The molecule has 0 amide bonds. The van der Waals surface area contributed by atoms with Gasteiger partial charge in [0.15, 0.2) is 5.78 Å². The summed E-state index contributed by atoms with van der Waals surface area (Å²) in [7, 11) is 0. The zero-order valence-corrected chi connectivity index (χ0v) is 17.8. The van der Waals surface area contributed by atoms with Crippen LogP contribution in [0.5, 0.6) is 5.75 Å². The van der Waals surface area contributed by atoms with Crippen LogP contribution in [0.4, 0.5) is 0 Å². The first-order valence-electron chi connectivity index (χ1n) is 10.6. The van der Waals surface area contributed by atoms with Crippen molar-refractivity contribution in [3.8, 4) is 5.75 Å². The number of nitrogens with one attached hydrogen (secondary N) is 1. The topological polar surface area (TPSA) is 68.4 Å². The van der Waals surface area contributed by atoms with Gasteiger partial charge in [-0.3, -0.25) is 4.79 Å². The molecule has 3 rings (SSSR count). The number of H-pyrrole nitrogens is 1. The van der Waals surface area contributed by atoms with E-state index < -0.39 is 0 Å². The Balaban J connectivity index is 1.77. The van der Waals surface area contributed by atoms with Crippen molar-refractivity contribution in [1.29, 1.82) is 0 Å². The van der Waals surface area contributed by atoms with Gasteiger partial charge in [0.1, 0.15) is 11.4 Å². The van der Waals surface area contributed by atoms with Gasteiger partial charge in [-0.25, -0.2) is 4.79 Å². The summed E-state index contributed by atoms with van der Waals surface area (Å²) in [5.41, 5.74) is 3.75. The number of hydrogen-bond acceptors (Lipinski definition) is 4. The van der Waals surface area contributed by atoms with E-state index in [1.165, 1.54) is 0 Å². The quantitative estimate of drug-likeness (QED) is 0.620. The molecule has 29 heavy (non-hydrogen) atoms. The lowest BCUT2D eigenvalue weighted by atomic mass is 9.81. The molecule has 0 fully saturated rings. The third-order valence-electron chi connectivity index (χ3n) is 5.96. The molecule has 0 radical (unpaired) electrons. The fourth-order valence-electron chi connectivity index (χ4n) is 4.07. The van der Waals surface area contributed by atoms with E-state index in [9.17, 15) is 9.59 Å². The van der Waals surface area contributed by atoms with E-state index in [-0.39, 0.29) is 17.7 Å². The van der Waals surface area contributed by atoms with Gasteiger partial charge in [-0.15, -0.1) is 0 Å². The van der Waals surface area contributed by atoms with Crippen LogP contribution in [-0.4, -0.2) is 30.0 Å². The summed E-state index contributed by atoms with van der Waals surface area (Å²) in [6.45, 7) is 9.02. The summed E-state index contributed by atoms with van der Waals surface area (Å²) in [6, 6.07) is 7.93. The van der Waals surface area contributed by atoms with Crippen molar-refractivity contribution in [2.75, 3.05) is 13.2 Å². The average molecular weight is 398 g/mol. The normalized spacial score (nSPS) is 16.0. The van der Waals surface area contributed by atoms with Gasteiger partial charge in [0.2, 0.25) is 0 Å². The van der Waals surface area contributed by atoms with Crippen LogP contribution in [0.15, 0.2) is 24.3 Å². The Hall–Kier alpha value is -2.56.